The molecular formula is C7H6ClO4-. The molecule has 1 rings (SSSR count). The number of carbonyl (C=O) groups excluding carboxylic acids is 2. The van der Waals surface area contributed by atoms with Gasteiger partial charge < -0.3 is 14.6 Å². The smallest absolute Gasteiger partial charge is 0.335 e. The van der Waals surface area contributed by atoms with Crippen molar-refractivity contribution in [3.63, 3.8) is 0 Å². The number of carbonyl (C=O) groups is 2. The van der Waals surface area contributed by atoms with E-state index in [0.717, 1.165) is 0 Å². The molecule has 0 aromatic carbocycles. The number of aliphatic carboxylic acids is 1. The summed E-state index contributed by atoms with van der Waals surface area (Å²) in [6, 6.07) is 0. The molecule has 4 nitrogen and oxygen atoms in total. The third-order valence-electron chi connectivity index (χ3n) is 1.40. The van der Waals surface area contributed by atoms with E-state index in [9.17, 15) is 14.7 Å². The summed E-state index contributed by atoms with van der Waals surface area (Å²) < 4.78 is 4.58. The van der Waals surface area contributed by atoms with Gasteiger partial charge in [0.25, 0.3) is 0 Å². The number of carboxylic acids is 1. The fraction of sp³-hybridized carbons (Fsp3) is 0.429. The van der Waals surface area contributed by atoms with Crippen molar-refractivity contribution in [1.29, 1.82) is 0 Å². The summed E-state index contributed by atoms with van der Waals surface area (Å²) in [5.41, 5.74) is 0.311. The molecule has 1 aliphatic heterocycles. The fourth-order valence-electron chi connectivity index (χ4n) is 0.930. The van der Waals surface area contributed by atoms with Crippen LogP contribution in [0.5, 0.6) is 0 Å². The molecule has 1 aliphatic rings. The molecule has 5 heteroatoms. The molecule has 0 saturated carbocycles. The molecule has 1 atom stereocenters. The molecule has 1 heterocycles. The van der Waals surface area contributed by atoms with Gasteiger partial charge in [0.2, 0.25) is 5.06 Å². The van der Waals surface area contributed by atoms with Crippen molar-refractivity contribution >= 4 is 23.5 Å². The molecule has 0 aliphatic carbocycles. The minimum atomic E-state index is -1.54. The Labute approximate surface area is 73.8 Å². The molecule has 0 spiro atoms. The van der Waals surface area contributed by atoms with Gasteiger partial charge in [0, 0.05) is 18.0 Å². The Balaban J connectivity index is 2.77. The zero-order valence-corrected chi connectivity index (χ0v) is 7.05. The van der Waals surface area contributed by atoms with Gasteiger partial charge in [-0.15, -0.1) is 0 Å². The van der Waals surface area contributed by atoms with Crippen LogP contribution in [-0.2, 0) is 14.3 Å². The van der Waals surface area contributed by atoms with Crippen LogP contribution in [0.15, 0.2) is 11.6 Å². The molecule has 12 heavy (non-hydrogen) atoms. The second-order valence-corrected chi connectivity index (χ2v) is 3.19. The largest absolute Gasteiger partial charge is 0.550 e. The summed E-state index contributed by atoms with van der Waals surface area (Å²) in [7, 11) is 0. The van der Waals surface area contributed by atoms with Gasteiger partial charge >= 0.3 is 5.97 Å². The number of alkyl halides is 1. The van der Waals surface area contributed by atoms with Gasteiger partial charge in [-0.1, -0.05) is 11.6 Å². The Morgan fingerprint density at radius 3 is 2.75 bits per heavy atom. The zero-order valence-electron chi connectivity index (χ0n) is 6.30. The fourth-order valence-corrected chi connectivity index (χ4v) is 1.27. The van der Waals surface area contributed by atoms with Crippen molar-refractivity contribution < 1.29 is 19.4 Å². The summed E-state index contributed by atoms with van der Waals surface area (Å²) in [6.07, 6.45) is 0.740. The average molecular weight is 190 g/mol. The highest BCUT2D eigenvalue weighted by molar-refractivity contribution is 6.27. The van der Waals surface area contributed by atoms with E-state index in [1.807, 2.05) is 0 Å². The Hall–Kier alpha value is -1.03. The van der Waals surface area contributed by atoms with Gasteiger partial charge in [-0.05, 0) is 13.0 Å². The summed E-state index contributed by atoms with van der Waals surface area (Å²) in [5, 5.41) is 8.62. The lowest BCUT2D eigenvalue weighted by molar-refractivity contribution is -0.307. The van der Waals surface area contributed by atoms with Gasteiger partial charge in [-0.25, -0.2) is 4.79 Å². The molecular weight excluding hydrogens is 184 g/mol. The molecule has 0 amide bonds. The third kappa shape index (κ3) is 1.76. The summed E-state index contributed by atoms with van der Waals surface area (Å²) >= 11 is 5.62. The lowest BCUT2D eigenvalue weighted by atomic mass is 10.2. The normalized spacial score (nSPS) is 28.2. The maximum atomic E-state index is 10.8. The molecule has 0 fully saturated rings. The highest BCUT2D eigenvalue weighted by Gasteiger charge is 2.36. The van der Waals surface area contributed by atoms with Crippen LogP contribution in [0.3, 0.4) is 0 Å². The second-order valence-electron chi connectivity index (χ2n) is 2.55. The van der Waals surface area contributed by atoms with Crippen LogP contribution in [0.1, 0.15) is 13.3 Å². The average Bonchev–Trinajstić information content (AvgIpc) is 2.04. The Morgan fingerprint density at radius 2 is 2.42 bits per heavy atom. The first-order chi connectivity index (χ1) is 5.43. The van der Waals surface area contributed by atoms with Crippen molar-refractivity contribution in [3.05, 3.63) is 11.6 Å². The SMILES string of the molecule is CC1=CC(Cl)(CC(=O)[O-])OC1=O. The van der Waals surface area contributed by atoms with E-state index in [-0.39, 0.29) is 0 Å². The summed E-state index contributed by atoms with van der Waals surface area (Å²) in [4.78, 5) is 20.9. The molecule has 0 aromatic rings. The van der Waals surface area contributed by atoms with Gasteiger partial charge in [0.15, 0.2) is 0 Å². The van der Waals surface area contributed by atoms with E-state index in [2.05, 4.69) is 4.74 Å². The maximum Gasteiger partial charge on any atom is 0.335 e. The Kier molecular flexibility index (Phi) is 2.10. The standard InChI is InChI=1S/C7H7ClO4/c1-4-2-7(8,3-5(9)10)12-6(4)11/h2H,3H2,1H3,(H,9,10)/p-1. The number of ether oxygens (including phenoxy) is 1. The minimum absolute atomic E-state index is 0.311. The molecule has 0 bridgehead atoms. The van der Waals surface area contributed by atoms with E-state index in [1.54, 1.807) is 0 Å². The van der Waals surface area contributed by atoms with E-state index >= 15 is 0 Å². The predicted molar refractivity (Wildman–Crippen MR) is 38.1 cm³/mol. The maximum absolute atomic E-state index is 10.8. The zero-order chi connectivity index (χ0) is 9.35. The lowest BCUT2D eigenvalue weighted by Crippen LogP contribution is -2.33. The number of esters is 1. The monoisotopic (exact) mass is 189 g/mol. The molecule has 1 unspecified atom stereocenters. The van der Waals surface area contributed by atoms with Crippen molar-refractivity contribution in [2.45, 2.75) is 18.4 Å². The van der Waals surface area contributed by atoms with Crippen LogP contribution < -0.4 is 5.11 Å². The number of rotatable bonds is 2. The van der Waals surface area contributed by atoms with E-state index in [4.69, 9.17) is 11.6 Å². The quantitative estimate of drug-likeness (QED) is 0.437. The van der Waals surface area contributed by atoms with Gasteiger partial charge in [-0.3, -0.25) is 0 Å². The van der Waals surface area contributed by atoms with Gasteiger partial charge in [0.1, 0.15) is 0 Å². The molecule has 66 valence electrons. The van der Waals surface area contributed by atoms with Gasteiger partial charge in [-0.2, -0.15) is 0 Å². The van der Waals surface area contributed by atoms with Crippen LogP contribution in [0, 0.1) is 0 Å². The number of carboxylic acid groups (broad SMARTS) is 1. The van der Waals surface area contributed by atoms with Crippen molar-refractivity contribution in [2.75, 3.05) is 0 Å². The summed E-state index contributed by atoms with van der Waals surface area (Å²) in [6.45, 7) is 1.50. The van der Waals surface area contributed by atoms with E-state index < -0.39 is 23.4 Å². The van der Waals surface area contributed by atoms with E-state index in [1.165, 1.54) is 13.0 Å². The van der Waals surface area contributed by atoms with Crippen LogP contribution in [-0.4, -0.2) is 17.0 Å². The van der Waals surface area contributed by atoms with Crippen LogP contribution in [0.4, 0.5) is 0 Å². The molecule has 0 saturated heterocycles. The first-order valence-corrected chi connectivity index (χ1v) is 3.62. The molecule has 0 N–H and O–H groups in total. The highest BCUT2D eigenvalue weighted by Crippen LogP contribution is 2.31. The minimum Gasteiger partial charge on any atom is -0.550 e. The predicted octanol–water partition coefficient (Wildman–Crippen LogP) is -0.435. The van der Waals surface area contributed by atoms with Gasteiger partial charge in [0.05, 0.1) is 0 Å². The third-order valence-corrected chi connectivity index (χ3v) is 1.72. The van der Waals surface area contributed by atoms with Crippen LogP contribution in [0.25, 0.3) is 0 Å². The topological polar surface area (TPSA) is 66.4 Å². The Morgan fingerprint density at radius 1 is 1.83 bits per heavy atom. The molecule has 0 radical (unpaired) electrons. The van der Waals surface area contributed by atoms with E-state index in [0.29, 0.717) is 5.57 Å². The number of halogens is 1. The summed E-state index contributed by atoms with van der Waals surface area (Å²) in [5.74, 6) is -1.95. The van der Waals surface area contributed by atoms with Crippen molar-refractivity contribution in [3.8, 4) is 0 Å². The molecule has 0 aromatic heterocycles. The highest BCUT2D eigenvalue weighted by atomic mass is 35.5. The number of hydrogen-bond acceptors (Lipinski definition) is 4. The van der Waals surface area contributed by atoms with Crippen molar-refractivity contribution in [1.82, 2.24) is 0 Å². The lowest BCUT2D eigenvalue weighted by Gasteiger charge is -2.18. The first kappa shape index (κ1) is 9.06. The number of cyclic esters (lactones) is 1. The van der Waals surface area contributed by atoms with Crippen molar-refractivity contribution in [2.24, 2.45) is 0 Å². The Bertz CT molecular complexity index is 271. The number of hydrogen-bond donors (Lipinski definition) is 0. The van der Waals surface area contributed by atoms with Crippen LogP contribution in [0.2, 0.25) is 0 Å². The second kappa shape index (κ2) is 2.79. The van der Waals surface area contributed by atoms with Crippen LogP contribution >= 0.6 is 11.6 Å². The first-order valence-electron chi connectivity index (χ1n) is 3.24.